The van der Waals surface area contributed by atoms with E-state index in [-0.39, 0.29) is 25.8 Å². The number of nitrogens with two attached hydrogens (primary N) is 2. The second-order valence-electron chi connectivity index (χ2n) is 6.21. The van der Waals surface area contributed by atoms with Crippen molar-refractivity contribution in [3.8, 4) is 0 Å². The molecule has 1 rings (SSSR count). The Hall–Kier alpha value is -2.62. The van der Waals surface area contributed by atoms with E-state index >= 15 is 0 Å². The van der Waals surface area contributed by atoms with Crippen LogP contribution in [0.2, 0.25) is 0 Å². The molecule has 0 aliphatic carbocycles. The van der Waals surface area contributed by atoms with Crippen molar-refractivity contribution >= 4 is 17.8 Å². The minimum atomic E-state index is -4.93. The third kappa shape index (κ3) is 8.85. The molecule has 5 N–H and O–H groups in total. The number of carbonyl (C=O) groups is 3. The normalized spacial score (nSPS) is 13.4. The van der Waals surface area contributed by atoms with E-state index in [1.165, 1.54) is 0 Å². The van der Waals surface area contributed by atoms with Crippen molar-refractivity contribution in [2.24, 2.45) is 11.5 Å². The Morgan fingerprint density at radius 1 is 1.07 bits per heavy atom. The highest BCUT2D eigenvalue weighted by atomic mass is 19.4. The Morgan fingerprint density at radius 2 is 1.71 bits per heavy atom. The summed E-state index contributed by atoms with van der Waals surface area (Å²) in [5.74, 6) is -3.61. The average molecular weight is 403 g/mol. The molecule has 0 aromatic heterocycles. The van der Waals surface area contributed by atoms with Gasteiger partial charge in [0.05, 0.1) is 0 Å². The monoisotopic (exact) mass is 403 g/mol. The maximum atomic E-state index is 12.0. The van der Waals surface area contributed by atoms with Crippen LogP contribution in [0.4, 0.5) is 13.2 Å². The molecule has 2 atom stereocenters. The summed E-state index contributed by atoms with van der Waals surface area (Å²) >= 11 is 0. The fourth-order valence-corrected chi connectivity index (χ4v) is 2.34. The van der Waals surface area contributed by atoms with Gasteiger partial charge in [-0.2, -0.15) is 13.2 Å². The maximum Gasteiger partial charge on any atom is 0.471 e. The van der Waals surface area contributed by atoms with Crippen molar-refractivity contribution in [3.63, 3.8) is 0 Å². The Bertz CT molecular complexity index is 653. The molecule has 7 nitrogen and oxygen atoms in total. The number of ether oxygens (including phenoxy) is 1. The first-order chi connectivity index (χ1) is 13.1. The van der Waals surface area contributed by atoms with Gasteiger partial charge in [-0.1, -0.05) is 30.3 Å². The van der Waals surface area contributed by atoms with Gasteiger partial charge in [0.15, 0.2) is 6.10 Å². The van der Waals surface area contributed by atoms with Gasteiger partial charge < -0.3 is 21.5 Å². The number of unbranched alkanes of at least 4 members (excludes halogenated alkanes) is 1. The summed E-state index contributed by atoms with van der Waals surface area (Å²) in [5.41, 5.74) is 11.9. The molecule has 28 heavy (non-hydrogen) atoms. The van der Waals surface area contributed by atoms with Crippen LogP contribution in [-0.4, -0.2) is 42.7 Å². The number of aryl methyl sites for hydroxylation is 1. The van der Waals surface area contributed by atoms with Crippen molar-refractivity contribution in [1.82, 2.24) is 5.32 Å². The number of rotatable bonds is 11. The summed E-state index contributed by atoms with van der Waals surface area (Å²) in [7, 11) is 0. The molecular formula is C18H24F3N3O4. The van der Waals surface area contributed by atoms with E-state index in [0.717, 1.165) is 5.56 Å². The second-order valence-corrected chi connectivity index (χ2v) is 6.21. The first-order valence-electron chi connectivity index (χ1n) is 8.75. The van der Waals surface area contributed by atoms with E-state index in [0.29, 0.717) is 12.8 Å². The van der Waals surface area contributed by atoms with Crippen LogP contribution in [0.25, 0.3) is 0 Å². The largest absolute Gasteiger partial charge is 0.471 e. The van der Waals surface area contributed by atoms with Crippen LogP contribution < -0.4 is 16.8 Å². The van der Waals surface area contributed by atoms with E-state index in [1.807, 2.05) is 30.3 Å². The molecule has 0 fully saturated rings. The molecule has 1 aromatic rings. The van der Waals surface area contributed by atoms with E-state index in [9.17, 15) is 27.6 Å². The Kier molecular flexibility index (Phi) is 9.43. The second kappa shape index (κ2) is 11.3. The van der Waals surface area contributed by atoms with E-state index < -0.39 is 36.1 Å². The number of alkyl halides is 3. The van der Waals surface area contributed by atoms with Crippen LogP contribution in [-0.2, 0) is 25.5 Å². The van der Waals surface area contributed by atoms with Crippen LogP contribution >= 0.6 is 0 Å². The topological polar surface area (TPSA) is 125 Å². The van der Waals surface area contributed by atoms with Crippen LogP contribution in [0.1, 0.15) is 31.2 Å². The number of halogens is 3. The summed E-state index contributed by atoms with van der Waals surface area (Å²) in [6.07, 6.45) is -4.73. The number of esters is 1. The smallest absolute Gasteiger partial charge is 0.451 e. The molecule has 0 heterocycles. The van der Waals surface area contributed by atoms with Crippen LogP contribution in [0.15, 0.2) is 30.3 Å². The van der Waals surface area contributed by atoms with Gasteiger partial charge in [0.1, 0.15) is 6.04 Å². The van der Waals surface area contributed by atoms with Gasteiger partial charge in [0.25, 0.3) is 5.91 Å². The van der Waals surface area contributed by atoms with Crippen molar-refractivity contribution in [3.05, 3.63) is 35.9 Å². The molecule has 0 aliphatic rings. The third-order valence-corrected chi connectivity index (χ3v) is 3.90. The highest BCUT2D eigenvalue weighted by Gasteiger charge is 2.38. The van der Waals surface area contributed by atoms with Crippen molar-refractivity contribution in [1.29, 1.82) is 0 Å². The number of carbonyl (C=O) groups excluding carboxylic acids is 3. The number of amides is 2. The van der Waals surface area contributed by atoms with Gasteiger partial charge in [-0.3, -0.25) is 14.4 Å². The molecule has 0 saturated heterocycles. The molecule has 0 bridgehead atoms. The van der Waals surface area contributed by atoms with Gasteiger partial charge >= 0.3 is 18.1 Å². The predicted molar refractivity (Wildman–Crippen MR) is 94.7 cm³/mol. The molecule has 0 spiro atoms. The molecule has 1 aromatic carbocycles. The average Bonchev–Trinajstić information content (AvgIpc) is 2.64. The van der Waals surface area contributed by atoms with Crippen LogP contribution in [0.5, 0.6) is 0 Å². The van der Waals surface area contributed by atoms with Crippen molar-refractivity contribution < 1.29 is 32.3 Å². The number of hydrogen-bond donors (Lipinski definition) is 3. The van der Waals surface area contributed by atoms with Gasteiger partial charge in [-0.25, -0.2) is 0 Å². The fourth-order valence-electron chi connectivity index (χ4n) is 2.34. The van der Waals surface area contributed by atoms with Gasteiger partial charge in [-0.15, -0.1) is 0 Å². The van der Waals surface area contributed by atoms with Crippen molar-refractivity contribution in [2.75, 3.05) is 6.54 Å². The highest BCUT2D eigenvalue weighted by Crippen LogP contribution is 2.14. The van der Waals surface area contributed by atoms with E-state index in [4.69, 9.17) is 16.2 Å². The zero-order valence-corrected chi connectivity index (χ0v) is 15.2. The molecule has 0 saturated carbocycles. The lowest BCUT2D eigenvalue weighted by Crippen LogP contribution is -2.40. The van der Waals surface area contributed by atoms with Crippen molar-refractivity contribution in [2.45, 2.75) is 50.4 Å². The maximum absolute atomic E-state index is 12.0. The molecule has 10 heteroatoms. The molecule has 2 amide bonds. The number of hydrogen-bond acceptors (Lipinski definition) is 5. The number of benzene rings is 1. The molecular weight excluding hydrogens is 379 g/mol. The summed E-state index contributed by atoms with van der Waals surface area (Å²) in [4.78, 5) is 34.1. The minimum absolute atomic E-state index is 0.130. The first kappa shape index (κ1) is 23.4. The lowest BCUT2D eigenvalue weighted by atomic mass is 10.1. The molecule has 0 aliphatic heterocycles. The van der Waals surface area contributed by atoms with Gasteiger partial charge in [0, 0.05) is 6.54 Å². The number of nitrogens with one attached hydrogen (secondary N) is 1. The molecule has 156 valence electrons. The van der Waals surface area contributed by atoms with Crippen LogP contribution in [0.3, 0.4) is 0 Å². The summed E-state index contributed by atoms with van der Waals surface area (Å²) in [6, 6.07) is 8.22. The zero-order chi connectivity index (χ0) is 21.2. The SMILES string of the molecule is NC(=O)[C@H](CCc1ccccc1)OC(=O)[C@@H](N)CCCCNC(=O)C(F)(F)F. The highest BCUT2D eigenvalue weighted by molar-refractivity contribution is 5.84. The first-order valence-corrected chi connectivity index (χ1v) is 8.75. The predicted octanol–water partition coefficient (Wildman–Crippen LogP) is 1.19. The summed E-state index contributed by atoms with van der Waals surface area (Å²) < 4.78 is 41.1. The Balaban J connectivity index is 2.33. The lowest BCUT2D eigenvalue weighted by molar-refractivity contribution is -0.173. The van der Waals surface area contributed by atoms with E-state index in [2.05, 4.69) is 0 Å². The summed E-state index contributed by atoms with van der Waals surface area (Å²) in [5, 5.41) is 1.72. The lowest BCUT2D eigenvalue weighted by Gasteiger charge is -2.18. The fraction of sp³-hybridized carbons (Fsp3) is 0.500. The van der Waals surface area contributed by atoms with Gasteiger partial charge in [-0.05, 0) is 37.7 Å². The van der Waals surface area contributed by atoms with Crippen LogP contribution in [0, 0.1) is 0 Å². The zero-order valence-electron chi connectivity index (χ0n) is 15.2. The quantitative estimate of drug-likeness (QED) is 0.378. The molecule has 0 radical (unpaired) electrons. The Morgan fingerprint density at radius 3 is 2.29 bits per heavy atom. The van der Waals surface area contributed by atoms with Gasteiger partial charge in [0.2, 0.25) is 0 Å². The number of primary amides is 1. The molecule has 0 unspecified atom stereocenters. The third-order valence-electron chi connectivity index (χ3n) is 3.90. The Labute approximate surface area is 160 Å². The standard InChI is InChI=1S/C18H24F3N3O4/c19-18(20,21)17(27)24-11-5-4-8-13(22)16(26)28-14(15(23)25)10-9-12-6-2-1-3-7-12/h1-3,6-7,13-14H,4-5,8-11,22H2,(H2,23,25)(H,24,27)/t13-,14-/m0/s1. The van der Waals surface area contributed by atoms with E-state index in [1.54, 1.807) is 5.32 Å². The minimum Gasteiger partial charge on any atom is -0.451 e. The summed E-state index contributed by atoms with van der Waals surface area (Å²) in [6.45, 7) is -0.193.